The molecule has 1 aromatic rings. The molecule has 1 aliphatic carbocycles. The number of benzene rings is 1. The zero-order chi connectivity index (χ0) is 22.5. The highest BCUT2D eigenvalue weighted by atomic mass is 35.5. The van der Waals surface area contributed by atoms with Gasteiger partial charge in [0.25, 0.3) is 0 Å². The van der Waals surface area contributed by atoms with Crippen LogP contribution in [0.25, 0.3) is 0 Å². The van der Waals surface area contributed by atoms with Crippen LogP contribution in [0.2, 0.25) is 10.0 Å². The topological polar surface area (TPSA) is 50.8 Å². The number of likely N-dealkylation sites (tertiary alicyclic amines) is 1. The predicted octanol–water partition coefficient (Wildman–Crippen LogP) is 5.22. The molecule has 2 aliphatic heterocycles. The van der Waals surface area contributed by atoms with Crippen molar-refractivity contribution in [3.63, 3.8) is 0 Å². The van der Waals surface area contributed by atoms with E-state index in [1.807, 2.05) is 0 Å². The number of nitrogens with zero attached hydrogens (tertiary/aromatic N) is 1. The number of hydrogen-bond donors (Lipinski definition) is 1. The van der Waals surface area contributed by atoms with E-state index in [2.05, 4.69) is 10.2 Å². The van der Waals surface area contributed by atoms with E-state index in [0.717, 1.165) is 64.1 Å². The Morgan fingerprint density at radius 1 is 1.09 bits per heavy atom. The molecule has 4 rings (SSSR count). The normalized spacial score (nSPS) is 27.4. The quantitative estimate of drug-likeness (QED) is 0.573. The number of amides is 1. The van der Waals surface area contributed by atoms with Gasteiger partial charge in [-0.05, 0) is 82.4 Å². The number of carbonyl (C=O) groups excluding carboxylic acids is 1. The van der Waals surface area contributed by atoms with Gasteiger partial charge in [-0.2, -0.15) is 0 Å². The smallest absolute Gasteiger partial charge is 0.249 e. The summed E-state index contributed by atoms with van der Waals surface area (Å²) >= 11 is 12.2. The largest absolute Gasteiger partial charge is 0.487 e. The first kappa shape index (κ1) is 24.1. The molecule has 32 heavy (non-hydrogen) atoms. The fraction of sp³-hybridized carbons (Fsp3) is 0.708. The highest BCUT2D eigenvalue weighted by Gasteiger charge is 2.29. The summed E-state index contributed by atoms with van der Waals surface area (Å²) in [5.41, 5.74) is 0. The summed E-state index contributed by atoms with van der Waals surface area (Å²) in [6, 6.07) is 2.78. The Balaban J connectivity index is 1.12. The number of rotatable bonds is 7. The summed E-state index contributed by atoms with van der Waals surface area (Å²) in [6.45, 7) is 3.77. The number of carbonyl (C=O) groups is 1. The monoisotopic (exact) mass is 486 g/mol. The Bertz CT molecular complexity index is 752. The first-order valence-electron chi connectivity index (χ1n) is 11.9. The summed E-state index contributed by atoms with van der Waals surface area (Å²) < 4.78 is 24.8. The van der Waals surface area contributed by atoms with Crippen molar-refractivity contribution in [3.05, 3.63) is 28.0 Å². The molecule has 178 valence electrons. The molecule has 8 heteroatoms. The molecular formula is C24H33Cl2FN2O3. The molecule has 2 saturated heterocycles. The maximum atomic E-state index is 13.4. The lowest BCUT2D eigenvalue weighted by molar-refractivity contribution is -0.131. The van der Waals surface area contributed by atoms with Crippen molar-refractivity contribution < 1.29 is 18.7 Å². The molecule has 3 aliphatic rings. The second-order valence-corrected chi connectivity index (χ2v) is 10.2. The Morgan fingerprint density at radius 3 is 2.41 bits per heavy atom. The van der Waals surface area contributed by atoms with Crippen LogP contribution in [0.5, 0.6) is 5.75 Å². The fourth-order valence-corrected chi connectivity index (χ4v) is 5.65. The number of ether oxygens (including phenoxy) is 2. The predicted molar refractivity (Wildman–Crippen MR) is 124 cm³/mol. The molecule has 1 unspecified atom stereocenters. The van der Waals surface area contributed by atoms with Gasteiger partial charge in [0, 0.05) is 25.7 Å². The average Bonchev–Trinajstić information content (AvgIpc) is 3.32. The maximum absolute atomic E-state index is 13.4. The van der Waals surface area contributed by atoms with Gasteiger partial charge in [0.1, 0.15) is 18.0 Å². The van der Waals surface area contributed by atoms with Gasteiger partial charge in [-0.15, -0.1) is 0 Å². The van der Waals surface area contributed by atoms with Crippen LogP contribution in [0, 0.1) is 11.7 Å². The average molecular weight is 487 g/mol. The van der Waals surface area contributed by atoms with Gasteiger partial charge >= 0.3 is 0 Å². The van der Waals surface area contributed by atoms with Gasteiger partial charge < -0.3 is 19.7 Å². The van der Waals surface area contributed by atoms with Crippen LogP contribution in [0.15, 0.2) is 12.1 Å². The molecule has 0 aromatic heterocycles. The van der Waals surface area contributed by atoms with E-state index in [-0.39, 0.29) is 28.2 Å². The molecule has 0 spiro atoms. The van der Waals surface area contributed by atoms with Crippen molar-refractivity contribution in [2.24, 2.45) is 5.92 Å². The van der Waals surface area contributed by atoms with E-state index in [0.29, 0.717) is 18.4 Å². The molecule has 5 nitrogen and oxygen atoms in total. The zero-order valence-electron chi connectivity index (χ0n) is 18.5. The van der Waals surface area contributed by atoms with E-state index < -0.39 is 5.82 Å². The molecule has 1 atom stereocenters. The van der Waals surface area contributed by atoms with E-state index >= 15 is 0 Å². The lowest BCUT2D eigenvalue weighted by Crippen LogP contribution is -2.43. The van der Waals surface area contributed by atoms with Crippen LogP contribution < -0.4 is 10.1 Å². The van der Waals surface area contributed by atoms with Gasteiger partial charge in [0.15, 0.2) is 5.75 Å². The van der Waals surface area contributed by atoms with E-state index in [1.165, 1.54) is 31.4 Å². The summed E-state index contributed by atoms with van der Waals surface area (Å²) in [5.74, 6) is 0.744. The van der Waals surface area contributed by atoms with Gasteiger partial charge in [-0.3, -0.25) is 4.79 Å². The van der Waals surface area contributed by atoms with Crippen molar-refractivity contribution in [3.8, 4) is 5.75 Å². The summed E-state index contributed by atoms with van der Waals surface area (Å²) in [4.78, 5) is 14.7. The Hall–Kier alpha value is -1.08. The van der Waals surface area contributed by atoms with Gasteiger partial charge in [-0.25, -0.2) is 4.39 Å². The minimum Gasteiger partial charge on any atom is -0.487 e. The summed E-state index contributed by atoms with van der Waals surface area (Å²) in [7, 11) is 0. The fourth-order valence-electron chi connectivity index (χ4n) is 5.10. The molecule has 1 N–H and O–H groups in total. The molecular weight excluding hydrogens is 454 g/mol. The van der Waals surface area contributed by atoms with Gasteiger partial charge in [-0.1, -0.05) is 23.2 Å². The zero-order valence-corrected chi connectivity index (χ0v) is 20.0. The lowest BCUT2D eigenvalue weighted by atomic mass is 9.84. The van der Waals surface area contributed by atoms with Crippen molar-refractivity contribution in [2.75, 3.05) is 26.2 Å². The number of nitrogens with one attached hydrogen (secondary N) is 1. The van der Waals surface area contributed by atoms with Crippen LogP contribution in [-0.2, 0) is 9.53 Å². The number of hydrogen-bond acceptors (Lipinski definition) is 4. The first-order chi connectivity index (χ1) is 15.5. The molecule has 0 bridgehead atoms. The second kappa shape index (κ2) is 11.4. The van der Waals surface area contributed by atoms with E-state index in [1.54, 1.807) is 0 Å². The van der Waals surface area contributed by atoms with Crippen LogP contribution in [0.1, 0.15) is 57.8 Å². The summed E-state index contributed by atoms with van der Waals surface area (Å²) in [6.07, 6.45) is 9.18. The Kier molecular flexibility index (Phi) is 8.55. The molecule has 1 saturated carbocycles. The van der Waals surface area contributed by atoms with Crippen LogP contribution in [-0.4, -0.2) is 55.3 Å². The molecule has 1 aromatic carbocycles. The maximum Gasteiger partial charge on any atom is 0.249 e. The van der Waals surface area contributed by atoms with Crippen molar-refractivity contribution in [1.29, 1.82) is 0 Å². The van der Waals surface area contributed by atoms with Gasteiger partial charge in [0.05, 0.1) is 10.0 Å². The molecule has 1 amide bonds. The summed E-state index contributed by atoms with van der Waals surface area (Å²) in [5, 5.41) is 3.64. The highest BCUT2D eigenvalue weighted by molar-refractivity contribution is 6.37. The third-order valence-electron chi connectivity index (χ3n) is 7.05. The number of piperidine rings is 1. The van der Waals surface area contributed by atoms with Crippen molar-refractivity contribution in [1.82, 2.24) is 10.2 Å². The molecule has 2 heterocycles. The second-order valence-electron chi connectivity index (χ2n) is 9.37. The lowest BCUT2D eigenvalue weighted by Gasteiger charge is -2.34. The van der Waals surface area contributed by atoms with Crippen LogP contribution in [0.3, 0.4) is 0 Å². The minimum absolute atomic E-state index is 0.0506. The van der Waals surface area contributed by atoms with Crippen molar-refractivity contribution >= 4 is 29.1 Å². The molecule has 0 radical (unpaired) electrons. The Morgan fingerprint density at radius 2 is 1.78 bits per heavy atom. The van der Waals surface area contributed by atoms with E-state index in [9.17, 15) is 9.18 Å². The standard InChI is InChI=1S/C24H33Cl2FN2O3/c25-20-14-17(27)15-21(26)23(20)32-19-8-11-29(12-9-19)10-7-16-3-5-18(6-4-16)28-24(30)22-2-1-13-31-22/h14-16,18-19,22H,1-13H2,(H,28,30). The molecule has 3 fully saturated rings. The van der Waals surface area contributed by atoms with Crippen LogP contribution >= 0.6 is 23.2 Å². The SMILES string of the molecule is O=C(NC1CCC(CCN2CCC(Oc3c(Cl)cc(F)cc3Cl)CC2)CC1)C1CCCO1. The highest BCUT2D eigenvalue weighted by Crippen LogP contribution is 2.36. The minimum atomic E-state index is -0.457. The first-order valence-corrected chi connectivity index (χ1v) is 12.7. The van der Waals surface area contributed by atoms with E-state index in [4.69, 9.17) is 32.7 Å². The number of halogens is 3. The third-order valence-corrected chi connectivity index (χ3v) is 7.61. The van der Waals surface area contributed by atoms with Crippen LogP contribution in [0.4, 0.5) is 4.39 Å². The Labute approximate surface area is 199 Å². The van der Waals surface area contributed by atoms with Crippen molar-refractivity contribution in [2.45, 2.75) is 76.0 Å². The van der Waals surface area contributed by atoms with Gasteiger partial charge in [0.2, 0.25) is 5.91 Å². The third kappa shape index (κ3) is 6.49.